The highest BCUT2D eigenvalue weighted by molar-refractivity contribution is 4.88. The van der Waals surface area contributed by atoms with E-state index in [-0.39, 0.29) is 68.4 Å². The zero-order valence-electron chi connectivity index (χ0n) is 58.2. The molecule has 0 amide bonds. The number of aliphatic hydroxyl groups excluding tert-OH is 6. The average molecular weight is 1210 g/mol. The zero-order chi connectivity index (χ0) is 64.0. The Morgan fingerprint density at radius 3 is 1.00 bits per heavy atom. The van der Waals surface area contributed by atoms with Gasteiger partial charge in [0.1, 0.15) is 0 Å². The van der Waals surface area contributed by atoms with Crippen LogP contribution in [0.1, 0.15) is 317 Å². The van der Waals surface area contributed by atoms with Crippen molar-refractivity contribution < 1.29 is 48.2 Å². The Labute approximate surface area is 518 Å². The number of alkyl halides is 4. The Hall–Kier alpha value is -0.520. The maximum atomic E-state index is 13.0. The third-order valence-electron chi connectivity index (χ3n) is 22.5. The van der Waals surface area contributed by atoms with Gasteiger partial charge < -0.3 is 30.6 Å². The van der Waals surface area contributed by atoms with Gasteiger partial charge in [0.25, 0.3) is 5.92 Å². The Morgan fingerprint density at radius 1 is 0.333 bits per heavy atom. The van der Waals surface area contributed by atoms with E-state index < -0.39 is 17.9 Å². The molecule has 0 radical (unpaired) electrons. The minimum absolute atomic E-state index is 0.00463. The van der Waals surface area contributed by atoms with Crippen molar-refractivity contribution >= 4 is 0 Å². The number of hydrogen-bond acceptors (Lipinski definition) is 6. The summed E-state index contributed by atoms with van der Waals surface area (Å²) in [6.07, 6.45) is 32.5. The van der Waals surface area contributed by atoms with Crippen molar-refractivity contribution in [1.82, 2.24) is 0 Å². The average Bonchev–Trinajstić information content (AvgIpc) is 4.18. The highest BCUT2D eigenvalue weighted by Gasteiger charge is 2.43. The fourth-order valence-corrected chi connectivity index (χ4v) is 16.1. The van der Waals surface area contributed by atoms with Crippen molar-refractivity contribution in [2.24, 2.45) is 106 Å². The molecule has 0 aromatic carbocycles. The lowest BCUT2D eigenvalue weighted by atomic mass is 9.72. The molecule has 6 nitrogen and oxygen atoms in total. The summed E-state index contributed by atoms with van der Waals surface area (Å²) in [6.45, 7) is 37.9. The summed E-state index contributed by atoms with van der Waals surface area (Å²) in [5.74, 6) is 4.94. The van der Waals surface area contributed by atoms with E-state index in [4.69, 9.17) is 5.11 Å². The molecule has 0 bridgehead atoms. The van der Waals surface area contributed by atoms with E-state index in [1.165, 1.54) is 141 Å². The normalized spacial score (nSPS) is 32.2. The van der Waals surface area contributed by atoms with Gasteiger partial charge in [0.05, 0.1) is 24.4 Å². The molecule has 84 heavy (non-hydrogen) atoms. The molecule has 0 heterocycles. The number of aliphatic hydroxyl groups is 6. The number of hydrogen-bond donors (Lipinski definition) is 6. The predicted octanol–water partition coefficient (Wildman–Crippen LogP) is 20.6. The molecule has 0 saturated heterocycles. The summed E-state index contributed by atoms with van der Waals surface area (Å²) in [6, 6.07) is 0. The van der Waals surface area contributed by atoms with E-state index in [9.17, 15) is 43.1 Å². The summed E-state index contributed by atoms with van der Waals surface area (Å²) in [5.41, 5.74) is 0.292. The quantitative estimate of drug-likeness (QED) is 0.0957. The van der Waals surface area contributed by atoms with E-state index in [0.717, 1.165) is 48.9 Å². The third-order valence-corrected chi connectivity index (χ3v) is 22.5. The second-order valence-electron chi connectivity index (χ2n) is 31.5. The molecular weight excluding hydrogens is 1060 g/mol. The number of rotatable bonds is 10. The second kappa shape index (κ2) is 42.5. The smallest absolute Gasteiger partial charge is 0.250 e. The largest absolute Gasteiger partial charge is 0.396 e. The van der Waals surface area contributed by atoms with Crippen LogP contribution in [0.3, 0.4) is 0 Å². The van der Waals surface area contributed by atoms with Crippen LogP contribution in [0.25, 0.3) is 0 Å². The van der Waals surface area contributed by atoms with E-state index in [1.807, 2.05) is 27.7 Å². The summed E-state index contributed by atoms with van der Waals surface area (Å²) < 4.78 is 51.4. The molecule has 12 atom stereocenters. The molecule has 0 spiro atoms. The van der Waals surface area contributed by atoms with Gasteiger partial charge in [-0.3, -0.25) is 0 Å². The molecular formula is C74H144F4O6. The molecule has 0 aromatic rings. The summed E-state index contributed by atoms with van der Waals surface area (Å²) >= 11 is 0. The molecule has 8 rings (SSSR count). The van der Waals surface area contributed by atoms with Gasteiger partial charge in [-0.15, -0.1) is 0 Å². The van der Waals surface area contributed by atoms with Crippen LogP contribution in [0.4, 0.5) is 17.6 Å². The fourth-order valence-electron chi connectivity index (χ4n) is 16.1. The van der Waals surface area contributed by atoms with E-state index >= 15 is 0 Å². The topological polar surface area (TPSA) is 121 Å². The minimum atomic E-state index is -2.63. The molecule has 6 N–H and O–H groups in total. The van der Waals surface area contributed by atoms with Gasteiger partial charge >= 0.3 is 0 Å². The molecule has 504 valence electrons. The van der Waals surface area contributed by atoms with Crippen molar-refractivity contribution in [2.75, 3.05) is 13.2 Å². The molecule has 8 aliphatic carbocycles. The Bertz CT molecular complexity index is 1550. The first-order valence-electron chi connectivity index (χ1n) is 36.0. The van der Waals surface area contributed by atoms with Crippen LogP contribution in [-0.2, 0) is 0 Å². The monoisotopic (exact) mass is 1210 g/mol. The van der Waals surface area contributed by atoms with Crippen molar-refractivity contribution in [3.8, 4) is 0 Å². The lowest BCUT2D eigenvalue weighted by Gasteiger charge is -2.37. The van der Waals surface area contributed by atoms with Gasteiger partial charge in [0.2, 0.25) is 5.92 Å². The van der Waals surface area contributed by atoms with Crippen molar-refractivity contribution in [1.29, 1.82) is 0 Å². The molecule has 0 aromatic heterocycles. The van der Waals surface area contributed by atoms with Crippen molar-refractivity contribution in [3.05, 3.63) is 0 Å². The predicted molar refractivity (Wildman–Crippen MR) is 349 cm³/mol. The minimum Gasteiger partial charge on any atom is -0.396 e. The lowest BCUT2D eigenvalue weighted by molar-refractivity contribution is -0.105. The Kier molecular flexibility index (Phi) is 41.3. The van der Waals surface area contributed by atoms with Gasteiger partial charge in [0, 0.05) is 38.9 Å². The molecule has 8 fully saturated rings. The van der Waals surface area contributed by atoms with Gasteiger partial charge in [0.15, 0.2) is 0 Å². The molecule has 8 saturated carbocycles. The highest BCUT2D eigenvalue weighted by atomic mass is 19.3. The third kappa shape index (κ3) is 31.5. The fraction of sp³-hybridized carbons (Fsp3) is 1.00. The Morgan fingerprint density at radius 2 is 0.667 bits per heavy atom. The first-order valence-corrected chi connectivity index (χ1v) is 36.0. The van der Waals surface area contributed by atoms with E-state index in [2.05, 4.69) is 90.0 Å². The van der Waals surface area contributed by atoms with Gasteiger partial charge in [-0.1, -0.05) is 220 Å². The SMILES string of the molecule is CC(C)C1(CO)CCCC1.CC(C)C1CCC(F)(F)CC1CO.CC(C)C1CCC(F)(F)CC1O.CC(C)C1CCCC1O.CC(C)C1CCCCC1.CC(C)C1CCCCC1C.CC(C)C1CCCCC1O.CC(C)C1CCCCCC1O. The Balaban J connectivity index is 0.000000481. The maximum absolute atomic E-state index is 13.0. The standard InChI is InChI=1S/C10H18F2O.C10H20O.C10H20.C9H16F2O.2C9H18O.C9H18.C8H16O/c1-7(2)9-3-4-10(11,12)5-8(9)6-13;1-8(2)9-6-4-3-5-7-10(9)11;1-8(2)10-7-5-4-6-9(10)3;1-6(2)7-3-4-9(10,11)5-8(7)12;1-8(2)9(7-10)5-3-4-6-9;1-7(2)8-5-3-4-6-9(8)10;1-8(2)9-6-4-3-5-7-9;1-6(2)7-4-3-5-8(7)9/h7-9,13H,3-6H2,1-2H3;8-11H,3-7H2,1-2H3;8-10H,4-7H2,1-3H3;6-8,12H,3-5H2,1-2H3;8,10H,3-7H2,1-2H3;7-10H,3-6H2,1-2H3;8-9H,3-7H2,1-2H3;6-9H,3-5H2,1-2H3. The van der Waals surface area contributed by atoms with Crippen LogP contribution in [0.5, 0.6) is 0 Å². The summed E-state index contributed by atoms with van der Waals surface area (Å²) in [5, 5.41) is 56.2. The van der Waals surface area contributed by atoms with Crippen LogP contribution in [0.2, 0.25) is 0 Å². The lowest BCUT2D eigenvalue weighted by Crippen LogP contribution is -2.38. The molecule has 0 aliphatic heterocycles. The molecule has 10 heteroatoms. The van der Waals surface area contributed by atoms with Gasteiger partial charge in [-0.25, -0.2) is 17.6 Å². The molecule has 8 aliphatic rings. The highest BCUT2D eigenvalue weighted by Crippen LogP contribution is 2.45. The first-order chi connectivity index (χ1) is 39.3. The van der Waals surface area contributed by atoms with Crippen LogP contribution >= 0.6 is 0 Å². The summed E-state index contributed by atoms with van der Waals surface area (Å²) in [7, 11) is 0. The maximum Gasteiger partial charge on any atom is 0.250 e. The van der Waals surface area contributed by atoms with Gasteiger partial charge in [-0.2, -0.15) is 0 Å². The molecule has 12 unspecified atom stereocenters. The van der Waals surface area contributed by atoms with Crippen molar-refractivity contribution in [2.45, 2.75) is 353 Å². The van der Waals surface area contributed by atoms with Crippen LogP contribution < -0.4 is 0 Å². The van der Waals surface area contributed by atoms with E-state index in [0.29, 0.717) is 78.1 Å². The second-order valence-corrected chi connectivity index (χ2v) is 31.5. The first kappa shape index (κ1) is 81.5. The van der Waals surface area contributed by atoms with Crippen LogP contribution in [-0.4, -0.2) is 80.1 Å². The number of halogens is 4. The summed E-state index contributed by atoms with van der Waals surface area (Å²) in [4.78, 5) is 0. The van der Waals surface area contributed by atoms with Gasteiger partial charge in [-0.05, 0) is 177 Å². The zero-order valence-corrected chi connectivity index (χ0v) is 58.2. The van der Waals surface area contributed by atoms with Crippen LogP contribution in [0, 0.1) is 106 Å². The van der Waals surface area contributed by atoms with Crippen LogP contribution in [0.15, 0.2) is 0 Å². The van der Waals surface area contributed by atoms with E-state index in [1.54, 1.807) is 0 Å². The van der Waals surface area contributed by atoms with Crippen molar-refractivity contribution in [3.63, 3.8) is 0 Å².